The molecule has 59 valence electrons. The highest BCUT2D eigenvalue weighted by molar-refractivity contribution is 5.05. The van der Waals surface area contributed by atoms with Crippen LogP contribution < -0.4 is 5.73 Å². The van der Waals surface area contributed by atoms with Gasteiger partial charge in [0.25, 0.3) is 0 Å². The molecule has 3 heteroatoms. The fourth-order valence-corrected chi connectivity index (χ4v) is 0.729. The van der Waals surface area contributed by atoms with Crippen LogP contribution in [-0.4, -0.2) is 9.97 Å². The maximum absolute atomic E-state index is 5.78. The quantitative estimate of drug-likeness (QED) is 0.686. The molecule has 1 heterocycles. The van der Waals surface area contributed by atoms with Crippen LogP contribution in [0.3, 0.4) is 0 Å². The minimum Gasteiger partial charge on any atom is -0.321 e. The fourth-order valence-electron chi connectivity index (χ4n) is 0.729. The van der Waals surface area contributed by atoms with Gasteiger partial charge in [-0.25, -0.2) is 9.97 Å². The van der Waals surface area contributed by atoms with Crippen molar-refractivity contribution in [3.8, 4) is 0 Å². The first-order valence-electron chi connectivity index (χ1n) is 3.54. The molecule has 0 aliphatic rings. The third-order valence-electron chi connectivity index (χ3n) is 1.49. The molecule has 1 unspecified atom stereocenters. The van der Waals surface area contributed by atoms with E-state index in [9.17, 15) is 0 Å². The van der Waals surface area contributed by atoms with Crippen LogP contribution in [-0.2, 0) is 0 Å². The number of nitrogens with zero attached hydrogens (tertiary/aromatic N) is 2. The van der Waals surface area contributed by atoms with Crippen LogP contribution in [0.5, 0.6) is 0 Å². The lowest BCUT2D eigenvalue weighted by atomic mass is 10.1. The molecule has 3 nitrogen and oxygen atoms in total. The zero-order chi connectivity index (χ0) is 8.27. The SMILES string of the molecule is C[C](C)C(N)c1ncccn1. The Balaban J connectivity index is 2.77. The molecule has 0 spiro atoms. The molecule has 1 radical (unpaired) electrons. The Labute approximate surface area is 66.7 Å². The molecule has 0 fully saturated rings. The molecular weight excluding hydrogens is 138 g/mol. The molecule has 1 aromatic rings. The third kappa shape index (κ3) is 1.98. The summed E-state index contributed by atoms with van der Waals surface area (Å²) in [5, 5.41) is 0. The number of hydrogen-bond acceptors (Lipinski definition) is 3. The molecule has 1 aromatic heterocycles. The van der Waals surface area contributed by atoms with Crippen molar-refractivity contribution in [2.24, 2.45) is 5.73 Å². The second-order valence-corrected chi connectivity index (χ2v) is 2.66. The summed E-state index contributed by atoms with van der Waals surface area (Å²) in [6.45, 7) is 3.95. The summed E-state index contributed by atoms with van der Waals surface area (Å²) < 4.78 is 0. The van der Waals surface area contributed by atoms with Crippen LogP contribution in [0.1, 0.15) is 25.7 Å². The zero-order valence-electron chi connectivity index (χ0n) is 6.78. The fraction of sp³-hybridized carbons (Fsp3) is 0.375. The first-order chi connectivity index (χ1) is 5.22. The summed E-state index contributed by atoms with van der Waals surface area (Å²) in [5.41, 5.74) is 5.78. The Morgan fingerprint density at radius 2 is 1.91 bits per heavy atom. The molecule has 0 bridgehead atoms. The van der Waals surface area contributed by atoms with Gasteiger partial charge in [0.15, 0.2) is 0 Å². The van der Waals surface area contributed by atoms with Crippen LogP contribution in [0.4, 0.5) is 0 Å². The highest BCUT2D eigenvalue weighted by Crippen LogP contribution is 2.14. The van der Waals surface area contributed by atoms with E-state index in [1.165, 1.54) is 0 Å². The monoisotopic (exact) mass is 150 g/mol. The van der Waals surface area contributed by atoms with Crippen molar-refractivity contribution in [3.63, 3.8) is 0 Å². The topological polar surface area (TPSA) is 51.8 Å². The molecule has 11 heavy (non-hydrogen) atoms. The highest BCUT2D eigenvalue weighted by atomic mass is 14.9. The van der Waals surface area contributed by atoms with Gasteiger partial charge in [0, 0.05) is 12.4 Å². The van der Waals surface area contributed by atoms with Crippen LogP contribution in [0.15, 0.2) is 18.5 Å². The average molecular weight is 150 g/mol. The molecule has 0 aliphatic carbocycles. The molecule has 0 saturated carbocycles. The second-order valence-electron chi connectivity index (χ2n) is 2.66. The Bertz CT molecular complexity index is 208. The molecule has 0 saturated heterocycles. The first-order valence-corrected chi connectivity index (χ1v) is 3.54. The van der Waals surface area contributed by atoms with Crippen molar-refractivity contribution in [1.29, 1.82) is 0 Å². The number of nitrogens with two attached hydrogens (primary N) is 1. The Morgan fingerprint density at radius 3 is 2.36 bits per heavy atom. The summed E-state index contributed by atoms with van der Waals surface area (Å²) in [7, 11) is 0. The maximum Gasteiger partial charge on any atom is 0.145 e. The smallest absolute Gasteiger partial charge is 0.145 e. The van der Waals surface area contributed by atoms with Crippen molar-refractivity contribution in [2.45, 2.75) is 19.9 Å². The van der Waals surface area contributed by atoms with E-state index in [1.54, 1.807) is 18.5 Å². The van der Waals surface area contributed by atoms with Crippen molar-refractivity contribution < 1.29 is 0 Å². The molecule has 0 aliphatic heterocycles. The molecule has 0 amide bonds. The minimum atomic E-state index is -0.129. The van der Waals surface area contributed by atoms with Crippen LogP contribution in [0, 0.1) is 5.92 Å². The maximum atomic E-state index is 5.78. The predicted molar refractivity (Wildman–Crippen MR) is 43.6 cm³/mol. The second kappa shape index (κ2) is 3.44. The summed E-state index contributed by atoms with van der Waals surface area (Å²) in [5.74, 6) is 1.81. The molecule has 1 rings (SSSR count). The van der Waals surface area contributed by atoms with E-state index in [4.69, 9.17) is 5.73 Å². The summed E-state index contributed by atoms with van der Waals surface area (Å²) in [6.07, 6.45) is 3.40. The standard InChI is InChI=1S/C8H12N3/c1-6(2)7(9)8-10-4-3-5-11-8/h3-5,7H,9H2,1-2H3. The van der Waals surface area contributed by atoms with Gasteiger partial charge in [0.05, 0.1) is 6.04 Å². The first kappa shape index (κ1) is 8.14. The Morgan fingerprint density at radius 1 is 1.36 bits per heavy atom. The zero-order valence-corrected chi connectivity index (χ0v) is 6.78. The van der Waals surface area contributed by atoms with Crippen molar-refractivity contribution in [1.82, 2.24) is 9.97 Å². The summed E-state index contributed by atoms with van der Waals surface area (Å²) >= 11 is 0. The van der Waals surface area contributed by atoms with Crippen molar-refractivity contribution in [2.75, 3.05) is 0 Å². The lowest BCUT2D eigenvalue weighted by molar-refractivity contribution is 0.685. The molecular formula is C8H12N3. The van der Waals surface area contributed by atoms with E-state index in [-0.39, 0.29) is 6.04 Å². The van der Waals surface area contributed by atoms with Crippen LogP contribution >= 0.6 is 0 Å². The van der Waals surface area contributed by atoms with Gasteiger partial charge in [-0.1, -0.05) is 13.8 Å². The van der Waals surface area contributed by atoms with Crippen molar-refractivity contribution >= 4 is 0 Å². The van der Waals surface area contributed by atoms with Gasteiger partial charge in [-0.3, -0.25) is 0 Å². The average Bonchev–Trinajstić information content (AvgIpc) is 2.05. The van der Waals surface area contributed by atoms with Gasteiger partial charge < -0.3 is 5.73 Å². The number of hydrogen-bond donors (Lipinski definition) is 1. The highest BCUT2D eigenvalue weighted by Gasteiger charge is 2.12. The molecule has 2 N–H and O–H groups in total. The van der Waals surface area contributed by atoms with Gasteiger partial charge in [0.2, 0.25) is 0 Å². The molecule has 1 atom stereocenters. The van der Waals surface area contributed by atoms with Gasteiger partial charge in [-0.2, -0.15) is 0 Å². The van der Waals surface area contributed by atoms with Crippen molar-refractivity contribution in [3.05, 3.63) is 30.2 Å². The number of rotatable bonds is 2. The van der Waals surface area contributed by atoms with Gasteiger partial charge in [-0.15, -0.1) is 0 Å². The van der Waals surface area contributed by atoms with Crippen LogP contribution in [0.2, 0.25) is 0 Å². The summed E-state index contributed by atoms with van der Waals surface area (Å²) in [6, 6.07) is 1.65. The predicted octanol–water partition coefficient (Wildman–Crippen LogP) is 1.09. The van der Waals surface area contributed by atoms with Gasteiger partial charge in [0.1, 0.15) is 5.82 Å². The largest absolute Gasteiger partial charge is 0.321 e. The third-order valence-corrected chi connectivity index (χ3v) is 1.49. The summed E-state index contributed by atoms with van der Waals surface area (Å²) in [4.78, 5) is 8.09. The van der Waals surface area contributed by atoms with Gasteiger partial charge >= 0.3 is 0 Å². The van der Waals surface area contributed by atoms with E-state index < -0.39 is 0 Å². The minimum absolute atomic E-state index is 0.129. The van der Waals surface area contributed by atoms with E-state index in [0.717, 1.165) is 5.92 Å². The van der Waals surface area contributed by atoms with E-state index in [2.05, 4.69) is 9.97 Å². The Hall–Kier alpha value is -0.960. The normalized spacial score (nSPS) is 13.5. The lowest BCUT2D eigenvalue weighted by Gasteiger charge is -2.11. The number of aromatic nitrogens is 2. The molecule has 0 aromatic carbocycles. The van der Waals surface area contributed by atoms with Gasteiger partial charge in [-0.05, 0) is 12.0 Å². The lowest BCUT2D eigenvalue weighted by Crippen LogP contribution is -2.17. The van der Waals surface area contributed by atoms with E-state index in [1.807, 2.05) is 13.8 Å². The van der Waals surface area contributed by atoms with E-state index in [0.29, 0.717) is 5.82 Å². The Kier molecular flexibility index (Phi) is 2.54. The van der Waals surface area contributed by atoms with E-state index >= 15 is 0 Å². The van der Waals surface area contributed by atoms with Crippen LogP contribution in [0.25, 0.3) is 0 Å².